The first-order valence-corrected chi connectivity index (χ1v) is 11.7. The molecule has 0 aliphatic heterocycles. The minimum atomic E-state index is -0.187. The highest BCUT2D eigenvalue weighted by Crippen LogP contribution is 2.26. The monoisotopic (exact) mass is 456 g/mol. The van der Waals surface area contributed by atoms with Crippen molar-refractivity contribution in [1.29, 1.82) is 0 Å². The van der Waals surface area contributed by atoms with E-state index in [-0.39, 0.29) is 11.9 Å². The van der Waals surface area contributed by atoms with Gasteiger partial charge in [-0.1, -0.05) is 47.5 Å². The number of nitrogens with zero attached hydrogens (tertiary/aromatic N) is 5. The molecule has 0 saturated heterocycles. The van der Waals surface area contributed by atoms with E-state index in [2.05, 4.69) is 25.6 Å². The first-order valence-electron chi connectivity index (χ1n) is 10.4. The number of hydrogen-bond donors (Lipinski definition) is 1. The molecule has 1 aliphatic rings. The van der Waals surface area contributed by atoms with E-state index in [0.29, 0.717) is 27.3 Å². The zero-order valence-corrected chi connectivity index (χ0v) is 19.4. The average molecular weight is 457 g/mol. The summed E-state index contributed by atoms with van der Waals surface area (Å²) in [5, 5.41) is 12.9. The highest BCUT2D eigenvalue weighted by molar-refractivity contribution is 7.98. The normalized spacial score (nSPS) is 14.2. The first kappa shape index (κ1) is 21.8. The summed E-state index contributed by atoms with van der Waals surface area (Å²) in [5.41, 5.74) is 4.59. The van der Waals surface area contributed by atoms with Crippen molar-refractivity contribution in [1.82, 2.24) is 30.3 Å². The largest absolute Gasteiger partial charge is 0.348 e. The molecule has 2 aromatic heterocycles. The van der Waals surface area contributed by atoms with Crippen molar-refractivity contribution in [3.8, 4) is 5.69 Å². The van der Waals surface area contributed by atoms with Gasteiger partial charge in [0, 0.05) is 28.2 Å². The molecular weight excluding hydrogens is 432 g/mol. The lowest BCUT2D eigenvalue weighted by atomic mass is 10.2. The zero-order chi connectivity index (χ0) is 22.0. The first-order chi connectivity index (χ1) is 14.9. The maximum atomic E-state index is 13.0. The standard InChI is InChI=1S/C22H25ClN6OS/c1-13-8-9-17(11-18(13)23)29-19(12-31-22-24-14(2)10-15(3)25-22)20(27-28-29)21(30)26-16-6-4-5-7-16/h8-11,16H,4-7,12H2,1-3H3,(H,26,30). The topological polar surface area (TPSA) is 85.6 Å². The Bertz CT molecular complexity index is 1090. The van der Waals surface area contributed by atoms with Crippen LogP contribution in [0.5, 0.6) is 0 Å². The maximum absolute atomic E-state index is 13.0. The Hall–Kier alpha value is -2.45. The Morgan fingerprint density at radius 2 is 1.87 bits per heavy atom. The molecule has 1 saturated carbocycles. The second-order valence-electron chi connectivity index (χ2n) is 7.91. The number of thioether (sulfide) groups is 1. The number of halogens is 1. The average Bonchev–Trinajstić information content (AvgIpc) is 3.37. The Morgan fingerprint density at radius 3 is 2.55 bits per heavy atom. The van der Waals surface area contributed by atoms with Crippen LogP contribution in [-0.4, -0.2) is 36.9 Å². The fraction of sp³-hybridized carbons (Fsp3) is 0.409. The van der Waals surface area contributed by atoms with Gasteiger partial charge in [-0.25, -0.2) is 14.6 Å². The van der Waals surface area contributed by atoms with Gasteiger partial charge >= 0.3 is 0 Å². The van der Waals surface area contributed by atoms with Crippen LogP contribution in [0.15, 0.2) is 29.4 Å². The predicted octanol–water partition coefficient (Wildman–Crippen LogP) is 4.60. The third-order valence-corrected chi connectivity index (χ3v) is 6.63. The van der Waals surface area contributed by atoms with Gasteiger partial charge in [0.25, 0.3) is 5.91 Å². The summed E-state index contributed by atoms with van der Waals surface area (Å²) in [6, 6.07) is 7.84. The van der Waals surface area contributed by atoms with Crippen LogP contribution >= 0.6 is 23.4 Å². The van der Waals surface area contributed by atoms with E-state index in [9.17, 15) is 4.79 Å². The van der Waals surface area contributed by atoms with Crippen LogP contribution in [0.4, 0.5) is 0 Å². The van der Waals surface area contributed by atoms with Crippen LogP contribution in [0.25, 0.3) is 5.69 Å². The molecule has 1 aromatic carbocycles. The third kappa shape index (κ3) is 5.07. The number of aryl methyl sites for hydroxylation is 3. The van der Waals surface area contributed by atoms with Crippen LogP contribution in [0, 0.1) is 20.8 Å². The van der Waals surface area contributed by atoms with Gasteiger partial charge in [-0.05, 0) is 57.4 Å². The van der Waals surface area contributed by atoms with Crippen molar-refractivity contribution in [2.75, 3.05) is 0 Å². The number of amides is 1. The fourth-order valence-electron chi connectivity index (χ4n) is 3.74. The molecule has 0 spiro atoms. The molecule has 1 fully saturated rings. The second kappa shape index (κ2) is 9.36. The number of rotatable bonds is 6. The summed E-state index contributed by atoms with van der Waals surface area (Å²) in [7, 11) is 0. The van der Waals surface area contributed by atoms with Gasteiger partial charge in [-0.15, -0.1) is 5.10 Å². The van der Waals surface area contributed by atoms with Gasteiger partial charge in [0.05, 0.1) is 11.4 Å². The lowest BCUT2D eigenvalue weighted by Gasteiger charge is -2.12. The SMILES string of the molecule is Cc1cc(C)nc(SCc2c(C(=O)NC3CCCC3)nnn2-c2ccc(C)c(Cl)c2)n1. The van der Waals surface area contributed by atoms with Crippen molar-refractivity contribution in [3.63, 3.8) is 0 Å². The van der Waals surface area contributed by atoms with Crippen molar-refractivity contribution < 1.29 is 4.79 Å². The number of hydrogen-bond acceptors (Lipinski definition) is 6. The second-order valence-corrected chi connectivity index (χ2v) is 9.26. The molecule has 3 aromatic rings. The molecule has 1 N–H and O–H groups in total. The van der Waals surface area contributed by atoms with Crippen LogP contribution in [0.3, 0.4) is 0 Å². The smallest absolute Gasteiger partial charge is 0.274 e. The third-order valence-electron chi connectivity index (χ3n) is 5.37. The molecule has 0 radical (unpaired) electrons. The zero-order valence-electron chi connectivity index (χ0n) is 17.9. The van der Waals surface area contributed by atoms with Gasteiger partial charge in [0.1, 0.15) is 0 Å². The molecule has 162 valence electrons. The molecule has 4 rings (SSSR count). The van der Waals surface area contributed by atoms with Gasteiger partial charge < -0.3 is 5.32 Å². The molecule has 31 heavy (non-hydrogen) atoms. The highest BCUT2D eigenvalue weighted by atomic mass is 35.5. The molecule has 1 aliphatic carbocycles. The van der Waals surface area contributed by atoms with Crippen molar-refractivity contribution in [2.45, 2.75) is 63.4 Å². The molecule has 9 heteroatoms. The van der Waals surface area contributed by atoms with Crippen molar-refractivity contribution in [3.05, 3.63) is 57.6 Å². The van der Waals surface area contributed by atoms with Crippen molar-refractivity contribution >= 4 is 29.3 Å². The molecular formula is C22H25ClN6OS. The molecule has 1 amide bonds. The summed E-state index contributed by atoms with van der Waals surface area (Å²) < 4.78 is 1.69. The van der Waals surface area contributed by atoms with Crippen LogP contribution in [-0.2, 0) is 5.75 Å². The molecule has 7 nitrogen and oxygen atoms in total. The Morgan fingerprint density at radius 1 is 1.16 bits per heavy atom. The molecule has 2 heterocycles. The van der Waals surface area contributed by atoms with E-state index in [1.54, 1.807) is 4.68 Å². The predicted molar refractivity (Wildman–Crippen MR) is 122 cm³/mol. The van der Waals surface area contributed by atoms with E-state index in [1.165, 1.54) is 11.8 Å². The summed E-state index contributed by atoms with van der Waals surface area (Å²) in [5.74, 6) is 0.266. The van der Waals surface area contributed by atoms with E-state index >= 15 is 0 Å². The van der Waals surface area contributed by atoms with Crippen LogP contribution < -0.4 is 5.32 Å². The summed E-state index contributed by atoms with van der Waals surface area (Å²) in [4.78, 5) is 22.0. The minimum absolute atomic E-state index is 0.187. The van der Waals surface area contributed by atoms with E-state index in [0.717, 1.165) is 48.3 Å². The molecule has 0 bridgehead atoms. The summed E-state index contributed by atoms with van der Waals surface area (Å²) >= 11 is 7.80. The van der Waals surface area contributed by atoms with Gasteiger partial charge in [0.15, 0.2) is 10.9 Å². The summed E-state index contributed by atoms with van der Waals surface area (Å²) in [6.45, 7) is 5.83. The maximum Gasteiger partial charge on any atom is 0.274 e. The molecule has 0 unspecified atom stereocenters. The number of carbonyl (C=O) groups excluding carboxylic acids is 1. The lowest BCUT2D eigenvalue weighted by Crippen LogP contribution is -2.33. The number of benzene rings is 1. The number of carbonyl (C=O) groups is 1. The van der Waals surface area contributed by atoms with Crippen molar-refractivity contribution in [2.24, 2.45) is 0 Å². The van der Waals surface area contributed by atoms with E-state index in [1.807, 2.05) is 45.0 Å². The van der Waals surface area contributed by atoms with Gasteiger partial charge in [0.2, 0.25) is 0 Å². The number of nitrogens with one attached hydrogen (secondary N) is 1. The fourth-order valence-corrected chi connectivity index (χ4v) is 4.86. The van der Waals surface area contributed by atoms with Crippen LogP contribution in [0.1, 0.15) is 58.8 Å². The number of aromatic nitrogens is 5. The van der Waals surface area contributed by atoms with E-state index in [4.69, 9.17) is 11.6 Å². The minimum Gasteiger partial charge on any atom is -0.348 e. The van der Waals surface area contributed by atoms with Gasteiger partial charge in [-0.2, -0.15) is 0 Å². The molecule has 0 atom stereocenters. The quantitative estimate of drug-likeness (QED) is 0.431. The highest BCUT2D eigenvalue weighted by Gasteiger charge is 2.25. The Labute approximate surface area is 191 Å². The Balaban J connectivity index is 1.66. The summed E-state index contributed by atoms with van der Waals surface area (Å²) in [6.07, 6.45) is 4.31. The van der Waals surface area contributed by atoms with Crippen LogP contribution in [0.2, 0.25) is 5.02 Å². The lowest BCUT2D eigenvalue weighted by molar-refractivity contribution is 0.0932. The van der Waals surface area contributed by atoms with Gasteiger partial charge in [-0.3, -0.25) is 4.79 Å². The van der Waals surface area contributed by atoms with E-state index < -0.39 is 0 Å². The Kier molecular flexibility index (Phi) is 6.57.